The second-order valence-electron chi connectivity index (χ2n) is 7.88. The van der Waals surface area contributed by atoms with Crippen LogP contribution in [0.1, 0.15) is 54.1 Å². The van der Waals surface area contributed by atoms with Crippen molar-refractivity contribution in [3.05, 3.63) is 71.9 Å². The molecule has 3 aromatic rings. The molecule has 31 heavy (non-hydrogen) atoms. The molecular formula is C23H26N6O2. The van der Waals surface area contributed by atoms with Gasteiger partial charge in [0.2, 0.25) is 5.91 Å². The highest BCUT2D eigenvalue weighted by Gasteiger charge is 2.31. The van der Waals surface area contributed by atoms with E-state index in [1.54, 1.807) is 24.5 Å². The number of rotatable bonds is 6. The van der Waals surface area contributed by atoms with Gasteiger partial charge in [0.25, 0.3) is 5.91 Å². The first-order chi connectivity index (χ1) is 15.0. The lowest BCUT2D eigenvalue weighted by atomic mass is 10.0. The smallest absolute Gasteiger partial charge is 0.256 e. The van der Waals surface area contributed by atoms with Crippen molar-refractivity contribution in [3.63, 3.8) is 0 Å². The summed E-state index contributed by atoms with van der Waals surface area (Å²) in [6, 6.07) is 11.0. The molecule has 160 valence electrons. The first kappa shape index (κ1) is 20.6. The largest absolute Gasteiger partial charge is 0.335 e. The van der Waals surface area contributed by atoms with Crippen molar-refractivity contribution in [2.45, 2.75) is 38.9 Å². The minimum Gasteiger partial charge on any atom is -0.335 e. The predicted octanol–water partition coefficient (Wildman–Crippen LogP) is 3.31. The van der Waals surface area contributed by atoms with Gasteiger partial charge in [-0.2, -0.15) is 0 Å². The predicted molar refractivity (Wildman–Crippen MR) is 119 cm³/mol. The Hall–Kier alpha value is -3.68. The third-order valence-electron chi connectivity index (χ3n) is 5.39. The number of carbonyl (C=O) groups is 2. The highest BCUT2D eigenvalue weighted by molar-refractivity contribution is 6.01. The molecule has 1 atom stereocenters. The molecule has 0 aliphatic carbocycles. The van der Waals surface area contributed by atoms with Crippen LogP contribution in [0.5, 0.6) is 0 Å². The van der Waals surface area contributed by atoms with Crippen LogP contribution in [0.3, 0.4) is 0 Å². The second-order valence-corrected chi connectivity index (χ2v) is 7.88. The van der Waals surface area contributed by atoms with Gasteiger partial charge in [0.05, 0.1) is 5.56 Å². The average Bonchev–Trinajstić information content (AvgIpc) is 3.24. The summed E-state index contributed by atoms with van der Waals surface area (Å²) in [7, 11) is 1.88. The van der Waals surface area contributed by atoms with Crippen molar-refractivity contribution in [3.8, 4) is 0 Å². The lowest BCUT2D eigenvalue weighted by molar-refractivity contribution is -0.116. The Bertz CT molecular complexity index is 1110. The topological polar surface area (TPSA) is 92.2 Å². The Morgan fingerprint density at radius 2 is 1.97 bits per heavy atom. The summed E-state index contributed by atoms with van der Waals surface area (Å²) < 4.78 is 2.01. The Labute approximate surface area is 181 Å². The van der Waals surface area contributed by atoms with E-state index in [1.165, 1.54) is 0 Å². The molecule has 4 rings (SSSR count). The molecule has 8 heteroatoms. The van der Waals surface area contributed by atoms with Crippen LogP contribution in [-0.2, 0) is 11.3 Å². The first-order valence-corrected chi connectivity index (χ1v) is 10.3. The van der Waals surface area contributed by atoms with E-state index in [1.807, 2.05) is 47.0 Å². The fraction of sp³-hybridized carbons (Fsp3) is 0.304. The number of nitrogens with one attached hydrogen (secondary N) is 2. The molecule has 0 radical (unpaired) electrons. The Kier molecular flexibility index (Phi) is 5.70. The van der Waals surface area contributed by atoms with Gasteiger partial charge in [-0.3, -0.25) is 9.59 Å². The molecule has 1 aliphatic rings. The van der Waals surface area contributed by atoms with E-state index < -0.39 is 6.17 Å². The molecule has 0 fully saturated rings. The van der Waals surface area contributed by atoms with Gasteiger partial charge in [-0.1, -0.05) is 32.0 Å². The fourth-order valence-corrected chi connectivity index (χ4v) is 3.86. The Morgan fingerprint density at radius 3 is 2.77 bits per heavy atom. The summed E-state index contributed by atoms with van der Waals surface area (Å²) in [4.78, 5) is 35.9. The van der Waals surface area contributed by atoms with Crippen LogP contribution in [0.15, 0.2) is 55.0 Å². The molecule has 2 N–H and O–H groups in total. The Balaban J connectivity index is 1.51. The maximum absolute atomic E-state index is 12.7. The maximum atomic E-state index is 12.7. The van der Waals surface area contributed by atoms with Crippen LogP contribution < -0.4 is 15.5 Å². The van der Waals surface area contributed by atoms with E-state index in [4.69, 9.17) is 0 Å². The van der Waals surface area contributed by atoms with Crippen LogP contribution in [0, 0.1) is 0 Å². The summed E-state index contributed by atoms with van der Waals surface area (Å²) in [5.41, 5.74) is 2.00. The second kappa shape index (κ2) is 8.59. The van der Waals surface area contributed by atoms with E-state index in [-0.39, 0.29) is 11.8 Å². The molecule has 0 unspecified atom stereocenters. The normalized spacial score (nSPS) is 15.5. The number of hydrogen-bond donors (Lipinski definition) is 2. The Morgan fingerprint density at radius 1 is 1.16 bits per heavy atom. The van der Waals surface area contributed by atoms with E-state index in [2.05, 4.69) is 34.4 Å². The number of fused-ring (bicyclic) bond motifs is 1. The zero-order valence-electron chi connectivity index (χ0n) is 17.9. The third-order valence-corrected chi connectivity index (χ3v) is 5.39. The highest BCUT2D eigenvalue weighted by Crippen LogP contribution is 2.33. The van der Waals surface area contributed by atoms with Crippen LogP contribution in [-0.4, -0.2) is 33.4 Å². The van der Waals surface area contributed by atoms with Crippen LogP contribution in [0.4, 0.5) is 11.5 Å². The zero-order chi connectivity index (χ0) is 22.0. The van der Waals surface area contributed by atoms with E-state index in [9.17, 15) is 9.59 Å². The minimum absolute atomic E-state index is 0.0980. The molecule has 2 amide bonds. The number of pyridine rings is 1. The van der Waals surface area contributed by atoms with Gasteiger partial charge in [-0.05, 0) is 18.2 Å². The molecule has 1 aliphatic heterocycles. The van der Waals surface area contributed by atoms with E-state index in [0.717, 1.165) is 11.4 Å². The van der Waals surface area contributed by atoms with Crippen LogP contribution in [0.25, 0.3) is 0 Å². The van der Waals surface area contributed by atoms with Crippen molar-refractivity contribution >= 4 is 23.3 Å². The number of carbonyl (C=O) groups excluding carboxylic acids is 2. The third kappa shape index (κ3) is 4.14. The first-order valence-electron chi connectivity index (χ1n) is 10.3. The summed E-state index contributed by atoms with van der Waals surface area (Å²) in [6.45, 7) is 4.72. The number of aryl methyl sites for hydroxylation is 1. The number of imidazole rings is 1. The number of amides is 2. The summed E-state index contributed by atoms with van der Waals surface area (Å²) in [5, 5.41) is 6.02. The summed E-state index contributed by atoms with van der Waals surface area (Å²) in [5.74, 6) is 1.58. The SMILES string of the molecule is CC(C)c1nccn1CCC(=O)Nc1ccccc1[C@H]1NC(=O)c2cccnc2N1C. The molecule has 2 aromatic heterocycles. The zero-order valence-corrected chi connectivity index (χ0v) is 17.9. The highest BCUT2D eigenvalue weighted by atomic mass is 16.2. The van der Waals surface area contributed by atoms with Crippen molar-refractivity contribution < 1.29 is 9.59 Å². The van der Waals surface area contributed by atoms with Crippen LogP contribution >= 0.6 is 0 Å². The van der Waals surface area contributed by atoms with E-state index in [0.29, 0.717) is 36.0 Å². The molecule has 8 nitrogen and oxygen atoms in total. The molecule has 0 saturated carbocycles. The van der Waals surface area contributed by atoms with Gasteiger partial charge in [-0.25, -0.2) is 9.97 Å². The van der Waals surface area contributed by atoms with Crippen molar-refractivity contribution in [1.82, 2.24) is 19.9 Å². The molecule has 0 spiro atoms. The minimum atomic E-state index is -0.437. The van der Waals surface area contributed by atoms with Crippen molar-refractivity contribution in [2.24, 2.45) is 0 Å². The van der Waals surface area contributed by atoms with Gasteiger partial charge >= 0.3 is 0 Å². The van der Waals surface area contributed by atoms with Crippen molar-refractivity contribution in [1.29, 1.82) is 0 Å². The van der Waals surface area contributed by atoms with Gasteiger partial charge in [0.15, 0.2) is 0 Å². The fourth-order valence-electron chi connectivity index (χ4n) is 3.86. The molecular weight excluding hydrogens is 392 g/mol. The lowest BCUT2D eigenvalue weighted by Crippen LogP contribution is -2.45. The molecule has 3 heterocycles. The molecule has 0 saturated heterocycles. The van der Waals surface area contributed by atoms with E-state index >= 15 is 0 Å². The summed E-state index contributed by atoms with van der Waals surface area (Å²) >= 11 is 0. The molecule has 0 bridgehead atoms. The maximum Gasteiger partial charge on any atom is 0.256 e. The number of para-hydroxylation sites is 1. The average molecular weight is 419 g/mol. The van der Waals surface area contributed by atoms with Gasteiger partial charge < -0.3 is 20.1 Å². The monoisotopic (exact) mass is 418 g/mol. The van der Waals surface area contributed by atoms with Gasteiger partial charge in [0, 0.05) is 55.8 Å². The number of hydrogen-bond acceptors (Lipinski definition) is 5. The molecule has 1 aromatic carbocycles. The number of aromatic nitrogens is 3. The number of nitrogens with zero attached hydrogens (tertiary/aromatic N) is 4. The van der Waals surface area contributed by atoms with Crippen molar-refractivity contribution in [2.75, 3.05) is 17.3 Å². The van der Waals surface area contributed by atoms with Crippen LogP contribution in [0.2, 0.25) is 0 Å². The standard InChI is InChI=1S/C23H26N6O2/c1-15(2)20-25-12-14-29(20)13-10-19(30)26-18-9-5-4-7-16(18)22-27-23(31)17-8-6-11-24-21(17)28(22)3/h4-9,11-12,14-15,22H,10,13H2,1-3H3,(H,26,30)(H,27,31)/t22-/m0/s1. The lowest BCUT2D eigenvalue weighted by Gasteiger charge is -2.36. The van der Waals surface area contributed by atoms with Gasteiger partial charge in [0.1, 0.15) is 17.8 Å². The number of benzene rings is 1. The quantitative estimate of drug-likeness (QED) is 0.641. The van der Waals surface area contributed by atoms with Gasteiger partial charge in [-0.15, -0.1) is 0 Å². The number of anilines is 2. The summed E-state index contributed by atoms with van der Waals surface area (Å²) in [6.07, 6.45) is 5.21.